The fraction of sp³-hybridized carbons (Fsp3) is 0.182. The summed E-state index contributed by atoms with van der Waals surface area (Å²) in [5, 5.41) is 13.5. The van der Waals surface area contributed by atoms with Crippen LogP contribution in [0.5, 0.6) is 5.75 Å². The molecule has 3 N–H and O–H groups in total. The van der Waals surface area contributed by atoms with Gasteiger partial charge >= 0.3 is 0 Å². The second-order valence-corrected chi connectivity index (χ2v) is 7.59. The number of anilines is 3. The second kappa shape index (κ2) is 7.41. The number of aromatic hydroxyl groups is 1. The summed E-state index contributed by atoms with van der Waals surface area (Å²) in [5.41, 5.74) is 1.05. The summed E-state index contributed by atoms with van der Waals surface area (Å²) in [6.07, 6.45) is 0.325. The molecule has 0 unspecified atom stereocenters. The number of amides is 1. The standard InChI is InChI=1S/C22H17F3N4O3/c23-13-1-2-17-12(21(13)31)9-26-6-5-16-18(3-4-20(30)27-16)29-10-28(17)19-8-15(25)14(24)7-11(19)22(29)32/h1-4,7-8,26,31H,5-6,9-10H2,(H,27,30). The van der Waals surface area contributed by atoms with Crippen molar-refractivity contribution < 1.29 is 23.1 Å². The number of H-pyrrole nitrogens is 1. The molecule has 2 bridgehead atoms. The second-order valence-electron chi connectivity index (χ2n) is 7.59. The van der Waals surface area contributed by atoms with E-state index < -0.39 is 29.1 Å². The SMILES string of the molecule is O=C1c2cc(F)c(F)cc2N2CN1c1ccc(=O)[nH]c1CCNCc1c2ccc(F)c1O. The van der Waals surface area contributed by atoms with Gasteiger partial charge in [-0.05, 0) is 24.3 Å². The van der Waals surface area contributed by atoms with Crippen molar-refractivity contribution in [3.05, 3.63) is 81.0 Å². The van der Waals surface area contributed by atoms with Crippen LogP contribution in [0.1, 0.15) is 21.6 Å². The number of carbonyl (C=O) groups excluding carboxylic acids is 1. The lowest BCUT2D eigenvalue weighted by atomic mass is 10.0. The number of nitrogens with one attached hydrogen (secondary N) is 2. The number of phenols is 1. The summed E-state index contributed by atoms with van der Waals surface area (Å²) in [7, 11) is 0. The molecule has 0 radical (unpaired) electrons. The Bertz CT molecular complexity index is 1320. The van der Waals surface area contributed by atoms with E-state index >= 15 is 0 Å². The molecule has 164 valence electrons. The molecule has 32 heavy (non-hydrogen) atoms. The van der Waals surface area contributed by atoms with Crippen LogP contribution in [0.2, 0.25) is 0 Å². The third-order valence-corrected chi connectivity index (χ3v) is 5.71. The van der Waals surface area contributed by atoms with Gasteiger partial charge in [0.1, 0.15) is 6.67 Å². The van der Waals surface area contributed by atoms with Crippen LogP contribution in [0.3, 0.4) is 0 Å². The summed E-state index contributed by atoms with van der Waals surface area (Å²) in [4.78, 5) is 30.8. The van der Waals surface area contributed by atoms with Gasteiger partial charge in [0, 0.05) is 42.9 Å². The predicted molar refractivity (Wildman–Crippen MR) is 111 cm³/mol. The zero-order chi connectivity index (χ0) is 22.6. The highest BCUT2D eigenvalue weighted by Crippen LogP contribution is 2.41. The van der Waals surface area contributed by atoms with E-state index in [-0.39, 0.29) is 35.6 Å². The van der Waals surface area contributed by atoms with Gasteiger partial charge in [0.05, 0.1) is 22.6 Å². The number of aromatic amines is 1. The largest absolute Gasteiger partial charge is 0.505 e. The van der Waals surface area contributed by atoms with Crippen LogP contribution in [0.15, 0.2) is 41.2 Å². The number of rotatable bonds is 0. The maximum Gasteiger partial charge on any atom is 0.262 e. The molecule has 2 aliphatic rings. The highest BCUT2D eigenvalue weighted by Gasteiger charge is 2.35. The topological polar surface area (TPSA) is 88.7 Å². The van der Waals surface area contributed by atoms with Gasteiger partial charge in [-0.1, -0.05) is 0 Å². The molecule has 2 aromatic carbocycles. The number of fused-ring (bicyclic) bond motifs is 8. The van der Waals surface area contributed by atoms with Crippen molar-refractivity contribution in [3.8, 4) is 5.75 Å². The first-order valence-electron chi connectivity index (χ1n) is 9.87. The fourth-order valence-corrected chi connectivity index (χ4v) is 4.15. The number of carbonyl (C=O) groups is 1. The van der Waals surface area contributed by atoms with Crippen LogP contribution >= 0.6 is 0 Å². The molecular weight excluding hydrogens is 425 g/mol. The summed E-state index contributed by atoms with van der Waals surface area (Å²) in [6, 6.07) is 6.98. The van der Waals surface area contributed by atoms with E-state index in [2.05, 4.69) is 10.3 Å². The zero-order valence-electron chi connectivity index (χ0n) is 16.6. The van der Waals surface area contributed by atoms with E-state index in [9.17, 15) is 27.9 Å². The number of pyridine rings is 1. The minimum Gasteiger partial charge on any atom is -0.505 e. The lowest BCUT2D eigenvalue weighted by Crippen LogP contribution is -2.46. The maximum atomic E-state index is 14.2. The number of aromatic nitrogens is 1. The Morgan fingerprint density at radius 2 is 1.62 bits per heavy atom. The van der Waals surface area contributed by atoms with Crippen molar-refractivity contribution in [3.63, 3.8) is 0 Å². The number of hydrogen-bond donors (Lipinski definition) is 3. The molecule has 0 atom stereocenters. The molecule has 0 saturated heterocycles. The maximum absolute atomic E-state index is 14.2. The molecule has 0 saturated carbocycles. The minimum absolute atomic E-state index is 0.0643. The van der Waals surface area contributed by atoms with Crippen LogP contribution in [0, 0.1) is 17.5 Å². The molecule has 3 heterocycles. The zero-order valence-corrected chi connectivity index (χ0v) is 16.6. The van der Waals surface area contributed by atoms with Gasteiger partial charge in [0.2, 0.25) is 5.56 Å². The van der Waals surface area contributed by atoms with Gasteiger partial charge in [0.25, 0.3) is 5.91 Å². The Balaban J connectivity index is 1.80. The van der Waals surface area contributed by atoms with Crippen LogP contribution < -0.4 is 20.7 Å². The van der Waals surface area contributed by atoms with Gasteiger partial charge in [0.15, 0.2) is 23.2 Å². The third-order valence-electron chi connectivity index (χ3n) is 5.71. The summed E-state index contributed by atoms with van der Waals surface area (Å²) in [5.74, 6) is -4.32. The van der Waals surface area contributed by atoms with Gasteiger partial charge in [-0.3, -0.25) is 14.5 Å². The lowest BCUT2D eigenvalue weighted by Gasteiger charge is -2.39. The number of benzene rings is 2. The number of nitrogens with zero attached hydrogens (tertiary/aromatic N) is 2. The molecule has 0 aliphatic carbocycles. The quantitative estimate of drug-likeness (QED) is 0.498. The Kier molecular flexibility index (Phi) is 4.66. The number of halogens is 3. The molecule has 0 fully saturated rings. The van der Waals surface area contributed by atoms with Crippen molar-refractivity contribution in [2.24, 2.45) is 0 Å². The number of phenolic OH excluding ortho intramolecular Hbond substituents is 1. The number of hydrogen-bond acceptors (Lipinski definition) is 5. The first-order chi connectivity index (χ1) is 15.3. The highest BCUT2D eigenvalue weighted by atomic mass is 19.2. The first kappa shape index (κ1) is 20.1. The molecule has 1 aromatic heterocycles. The van der Waals surface area contributed by atoms with Crippen LogP contribution in [0.4, 0.5) is 30.2 Å². The Morgan fingerprint density at radius 3 is 2.44 bits per heavy atom. The van der Waals surface area contributed by atoms with Crippen molar-refractivity contribution in [2.45, 2.75) is 13.0 Å². The van der Waals surface area contributed by atoms with Crippen molar-refractivity contribution >= 4 is 23.0 Å². The van der Waals surface area contributed by atoms with E-state index in [1.165, 1.54) is 28.0 Å². The molecular formula is C22H17F3N4O3. The van der Waals surface area contributed by atoms with E-state index in [0.29, 0.717) is 30.0 Å². The molecule has 7 nitrogen and oxygen atoms in total. The first-order valence-corrected chi connectivity index (χ1v) is 9.87. The normalized spacial score (nSPS) is 15.5. The molecule has 1 amide bonds. The van der Waals surface area contributed by atoms with Gasteiger partial charge in [-0.15, -0.1) is 0 Å². The lowest BCUT2D eigenvalue weighted by molar-refractivity contribution is 0.0982. The van der Waals surface area contributed by atoms with Crippen LogP contribution in [-0.4, -0.2) is 29.2 Å². The monoisotopic (exact) mass is 442 g/mol. The molecule has 0 spiro atoms. The highest BCUT2D eigenvalue weighted by molar-refractivity contribution is 6.12. The smallest absolute Gasteiger partial charge is 0.262 e. The van der Waals surface area contributed by atoms with Gasteiger partial charge < -0.3 is 20.3 Å². The van der Waals surface area contributed by atoms with Crippen molar-refractivity contribution in [2.75, 3.05) is 23.0 Å². The van der Waals surface area contributed by atoms with Crippen molar-refractivity contribution in [1.29, 1.82) is 0 Å². The fourth-order valence-electron chi connectivity index (χ4n) is 4.15. The molecule has 5 rings (SSSR count). The Hall–Kier alpha value is -3.79. The van der Waals surface area contributed by atoms with Gasteiger partial charge in [-0.25, -0.2) is 13.2 Å². The Morgan fingerprint density at radius 1 is 0.875 bits per heavy atom. The van der Waals surface area contributed by atoms with Crippen molar-refractivity contribution in [1.82, 2.24) is 10.3 Å². The molecule has 3 aromatic rings. The molecule has 10 heteroatoms. The average Bonchev–Trinajstić information content (AvgIpc) is 2.79. The van der Waals surface area contributed by atoms with E-state index in [0.717, 1.165) is 18.2 Å². The summed E-state index contributed by atoms with van der Waals surface area (Å²) in [6.45, 7) is 0.281. The van der Waals surface area contributed by atoms with Crippen LogP contribution in [-0.2, 0) is 13.0 Å². The Labute approximate surface area is 179 Å². The summed E-state index contributed by atoms with van der Waals surface area (Å²) >= 11 is 0. The summed E-state index contributed by atoms with van der Waals surface area (Å²) < 4.78 is 42.4. The average molecular weight is 442 g/mol. The van der Waals surface area contributed by atoms with E-state index in [1.54, 1.807) is 0 Å². The van der Waals surface area contributed by atoms with E-state index in [1.807, 2.05) is 0 Å². The van der Waals surface area contributed by atoms with Crippen LogP contribution in [0.25, 0.3) is 0 Å². The van der Waals surface area contributed by atoms with Gasteiger partial charge in [-0.2, -0.15) is 0 Å². The minimum atomic E-state index is -1.19. The predicted octanol–water partition coefficient (Wildman–Crippen LogP) is 2.90. The van der Waals surface area contributed by atoms with E-state index in [4.69, 9.17) is 0 Å². The third kappa shape index (κ3) is 3.11. The molecule has 2 aliphatic heterocycles.